The molecule has 0 saturated carbocycles. The summed E-state index contributed by atoms with van der Waals surface area (Å²) < 4.78 is 31.5. The molecule has 23 heavy (non-hydrogen) atoms. The minimum absolute atomic E-state index is 0.211. The first-order chi connectivity index (χ1) is 10.8. The van der Waals surface area contributed by atoms with Crippen molar-refractivity contribution in [2.45, 2.75) is 45.4 Å². The lowest BCUT2D eigenvalue weighted by molar-refractivity contribution is -0.143. The number of sulfonamides is 1. The second kappa shape index (κ2) is 9.03. The van der Waals surface area contributed by atoms with Crippen molar-refractivity contribution in [1.29, 1.82) is 0 Å². The molecular formula is C17H27NO4S. The van der Waals surface area contributed by atoms with Crippen LogP contribution in [-0.4, -0.2) is 38.4 Å². The predicted molar refractivity (Wildman–Crippen MR) is 90.7 cm³/mol. The normalized spacial score (nSPS) is 11.9. The highest BCUT2D eigenvalue weighted by Crippen LogP contribution is 2.18. The molecule has 0 spiro atoms. The maximum Gasteiger partial charge on any atom is 0.321 e. The molecule has 0 N–H and O–H groups in total. The third-order valence-electron chi connectivity index (χ3n) is 3.29. The highest BCUT2D eigenvalue weighted by atomic mass is 32.2. The molecule has 0 radical (unpaired) electrons. The Morgan fingerprint density at radius 2 is 1.78 bits per heavy atom. The summed E-state index contributed by atoms with van der Waals surface area (Å²) >= 11 is 0. The van der Waals surface area contributed by atoms with Crippen molar-refractivity contribution in [1.82, 2.24) is 4.31 Å². The van der Waals surface area contributed by atoms with E-state index in [1.54, 1.807) is 19.1 Å². The van der Waals surface area contributed by atoms with E-state index in [1.807, 2.05) is 19.1 Å². The van der Waals surface area contributed by atoms with Crippen LogP contribution in [0.5, 0.6) is 0 Å². The van der Waals surface area contributed by atoms with Gasteiger partial charge in [0.05, 0.1) is 11.5 Å². The molecular weight excluding hydrogens is 314 g/mol. The van der Waals surface area contributed by atoms with Crippen molar-refractivity contribution >= 4 is 16.0 Å². The van der Waals surface area contributed by atoms with Gasteiger partial charge in [-0.05, 0) is 43.4 Å². The standard InChI is InChI=1S/C17H27NO4S/c1-5-11-18(13-17(19)22-6-2)23(20,21)16-9-7-15(8-10-16)12-14(3)4/h7-10,14H,5-6,11-13H2,1-4H3. The van der Waals surface area contributed by atoms with E-state index < -0.39 is 16.0 Å². The van der Waals surface area contributed by atoms with E-state index in [0.29, 0.717) is 12.3 Å². The van der Waals surface area contributed by atoms with E-state index >= 15 is 0 Å². The zero-order valence-corrected chi connectivity index (χ0v) is 15.2. The van der Waals surface area contributed by atoms with Gasteiger partial charge in [0.25, 0.3) is 0 Å². The Balaban J connectivity index is 2.97. The number of carbonyl (C=O) groups is 1. The van der Waals surface area contributed by atoms with Gasteiger partial charge in [-0.1, -0.05) is 32.9 Å². The smallest absolute Gasteiger partial charge is 0.321 e. The number of ether oxygens (including phenoxy) is 1. The lowest BCUT2D eigenvalue weighted by Crippen LogP contribution is -2.37. The molecule has 0 amide bonds. The van der Waals surface area contributed by atoms with Crippen LogP contribution in [-0.2, 0) is 26.0 Å². The Morgan fingerprint density at radius 3 is 2.26 bits per heavy atom. The molecule has 0 aliphatic carbocycles. The zero-order chi connectivity index (χ0) is 17.5. The first-order valence-corrected chi connectivity index (χ1v) is 9.50. The molecule has 0 saturated heterocycles. The molecule has 1 aromatic carbocycles. The quantitative estimate of drug-likeness (QED) is 0.648. The fourth-order valence-corrected chi connectivity index (χ4v) is 3.78. The van der Waals surface area contributed by atoms with Crippen LogP contribution in [0.3, 0.4) is 0 Å². The molecule has 130 valence electrons. The fourth-order valence-electron chi connectivity index (χ4n) is 2.30. The van der Waals surface area contributed by atoms with Crippen molar-refractivity contribution in [3.63, 3.8) is 0 Å². The van der Waals surface area contributed by atoms with Gasteiger partial charge in [-0.2, -0.15) is 4.31 Å². The van der Waals surface area contributed by atoms with E-state index in [2.05, 4.69) is 13.8 Å². The van der Waals surface area contributed by atoms with E-state index in [4.69, 9.17) is 4.74 Å². The van der Waals surface area contributed by atoms with Crippen molar-refractivity contribution in [2.75, 3.05) is 19.7 Å². The van der Waals surface area contributed by atoms with Crippen LogP contribution < -0.4 is 0 Å². The molecule has 0 heterocycles. The summed E-state index contributed by atoms with van der Waals surface area (Å²) in [5.74, 6) is -0.0150. The second-order valence-corrected chi connectivity index (χ2v) is 7.82. The zero-order valence-electron chi connectivity index (χ0n) is 14.4. The third kappa shape index (κ3) is 5.95. The summed E-state index contributed by atoms with van der Waals surface area (Å²) in [4.78, 5) is 11.9. The van der Waals surface area contributed by atoms with Gasteiger partial charge in [-0.3, -0.25) is 4.79 Å². The molecule has 0 aliphatic heterocycles. The van der Waals surface area contributed by atoms with Crippen LogP contribution in [0.25, 0.3) is 0 Å². The van der Waals surface area contributed by atoms with Gasteiger partial charge >= 0.3 is 5.97 Å². The van der Waals surface area contributed by atoms with E-state index in [9.17, 15) is 13.2 Å². The number of carbonyl (C=O) groups excluding carboxylic acids is 1. The number of nitrogens with zero attached hydrogens (tertiary/aromatic N) is 1. The highest BCUT2D eigenvalue weighted by molar-refractivity contribution is 7.89. The molecule has 1 aromatic rings. The maximum atomic E-state index is 12.7. The monoisotopic (exact) mass is 341 g/mol. The summed E-state index contributed by atoms with van der Waals surface area (Å²) in [6.45, 7) is 8.08. The van der Waals surface area contributed by atoms with Crippen LogP contribution in [0.15, 0.2) is 29.2 Å². The lowest BCUT2D eigenvalue weighted by Gasteiger charge is -2.20. The Bertz CT molecular complexity index is 594. The molecule has 1 rings (SSSR count). The third-order valence-corrected chi connectivity index (χ3v) is 5.15. The number of rotatable bonds is 9. The van der Waals surface area contributed by atoms with Gasteiger partial charge < -0.3 is 4.74 Å². The average molecular weight is 341 g/mol. The van der Waals surface area contributed by atoms with Gasteiger partial charge in [-0.15, -0.1) is 0 Å². The van der Waals surface area contributed by atoms with E-state index in [-0.39, 0.29) is 24.6 Å². The first kappa shape index (κ1) is 19.6. The van der Waals surface area contributed by atoms with Crippen molar-refractivity contribution in [2.24, 2.45) is 5.92 Å². The average Bonchev–Trinajstić information content (AvgIpc) is 2.47. The summed E-state index contributed by atoms with van der Waals surface area (Å²) in [5, 5.41) is 0. The van der Waals surface area contributed by atoms with Gasteiger partial charge in [0.2, 0.25) is 10.0 Å². The van der Waals surface area contributed by atoms with Gasteiger partial charge in [0, 0.05) is 6.54 Å². The highest BCUT2D eigenvalue weighted by Gasteiger charge is 2.26. The van der Waals surface area contributed by atoms with E-state index in [1.165, 1.54) is 4.31 Å². The Hall–Kier alpha value is -1.40. The van der Waals surface area contributed by atoms with Crippen molar-refractivity contribution in [3.05, 3.63) is 29.8 Å². The molecule has 5 nitrogen and oxygen atoms in total. The molecule has 0 aliphatic rings. The summed E-state index contributed by atoms with van der Waals surface area (Å²) in [7, 11) is -3.69. The van der Waals surface area contributed by atoms with Crippen LogP contribution in [0.2, 0.25) is 0 Å². The molecule has 0 atom stereocenters. The largest absolute Gasteiger partial charge is 0.465 e. The van der Waals surface area contributed by atoms with Gasteiger partial charge in [-0.25, -0.2) is 8.42 Å². The van der Waals surface area contributed by atoms with Crippen LogP contribution in [0.4, 0.5) is 0 Å². The predicted octanol–water partition coefficient (Wildman–Crippen LogP) is 2.85. The molecule has 0 fully saturated rings. The Kier molecular flexibility index (Phi) is 7.72. The van der Waals surface area contributed by atoms with Crippen molar-refractivity contribution < 1.29 is 17.9 Å². The molecule has 0 aromatic heterocycles. The van der Waals surface area contributed by atoms with Crippen LogP contribution >= 0.6 is 0 Å². The minimum Gasteiger partial charge on any atom is -0.465 e. The number of benzene rings is 1. The Morgan fingerprint density at radius 1 is 1.17 bits per heavy atom. The van der Waals surface area contributed by atoms with Crippen molar-refractivity contribution in [3.8, 4) is 0 Å². The number of esters is 1. The minimum atomic E-state index is -3.69. The maximum absolute atomic E-state index is 12.7. The lowest BCUT2D eigenvalue weighted by atomic mass is 10.0. The topological polar surface area (TPSA) is 63.7 Å². The second-order valence-electron chi connectivity index (χ2n) is 5.89. The molecule has 0 bridgehead atoms. The number of hydrogen-bond donors (Lipinski definition) is 0. The number of hydrogen-bond acceptors (Lipinski definition) is 4. The van der Waals surface area contributed by atoms with Gasteiger partial charge in [0.15, 0.2) is 0 Å². The SMILES string of the molecule is CCCN(CC(=O)OCC)S(=O)(=O)c1ccc(CC(C)C)cc1. The molecule has 6 heteroatoms. The summed E-state index contributed by atoms with van der Waals surface area (Å²) in [6.07, 6.45) is 1.53. The van der Waals surface area contributed by atoms with Crippen LogP contribution in [0.1, 0.15) is 39.7 Å². The Labute approximate surface area is 139 Å². The van der Waals surface area contributed by atoms with Gasteiger partial charge in [0.1, 0.15) is 6.54 Å². The molecule has 0 unspecified atom stereocenters. The van der Waals surface area contributed by atoms with Crippen LogP contribution in [0, 0.1) is 5.92 Å². The fraction of sp³-hybridized carbons (Fsp3) is 0.588. The summed E-state index contributed by atoms with van der Waals surface area (Å²) in [6, 6.07) is 6.89. The first-order valence-electron chi connectivity index (χ1n) is 8.06. The van der Waals surface area contributed by atoms with E-state index in [0.717, 1.165) is 12.0 Å². The summed E-state index contributed by atoms with van der Waals surface area (Å²) in [5.41, 5.74) is 1.10.